The largest absolute Gasteiger partial charge is 0.381 e. The second-order valence-electron chi connectivity index (χ2n) is 5.14. The van der Waals surface area contributed by atoms with E-state index in [2.05, 4.69) is 0 Å². The molecule has 1 aliphatic heterocycles. The Kier molecular flexibility index (Phi) is 6.46. The first kappa shape index (κ1) is 17.0. The van der Waals surface area contributed by atoms with Crippen molar-refractivity contribution in [2.75, 3.05) is 20.2 Å². The number of hydrogen-bond donors (Lipinski definition) is 1. The average Bonchev–Trinajstić information content (AvgIpc) is 2.45. The third-order valence-corrected chi connectivity index (χ3v) is 3.80. The standard InChI is InChI=1S/C15H22N2O2.ClH/c1-11-4-3-5-12(8-11)15(18)17-7-6-14(19-2)9-13(17)10-16;/h3-5,8,13-14H,6-7,9-10,16H2,1-2H3;1H. The molecular formula is C15H23ClN2O2. The summed E-state index contributed by atoms with van der Waals surface area (Å²) in [6, 6.07) is 7.78. The van der Waals surface area contributed by atoms with E-state index >= 15 is 0 Å². The zero-order valence-electron chi connectivity index (χ0n) is 12.0. The maximum Gasteiger partial charge on any atom is 0.254 e. The molecule has 20 heavy (non-hydrogen) atoms. The monoisotopic (exact) mass is 298 g/mol. The highest BCUT2D eigenvalue weighted by molar-refractivity contribution is 5.94. The summed E-state index contributed by atoms with van der Waals surface area (Å²) in [7, 11) is 1.72. The molecule has 2 N–H and O–H groups in total. The van der Waals surface area contributed by atoms with Crippen LogP contribution < -0.4 is 5.73 Å². The van der Waals surface area contributed by atoms with Crippen LogP contribution in [0.3, 0.4) is 0 Å². The maximum atomic E-state index is 12.5. The quantitative estimate of drug-likeness (QED) is 0.928. The van der Waals surface area contributed by atoms with Crippen molar-refractivity contribution in [1.82, 2.24) is 4.90 Å². The van der Waals surface area contributed by atoms with Crippen LogP contribution in [0.25, 0.3) is 0 Å². The Hall–Kier alpha value is -1.10. The van der Waals surface area contributed by atoms with Crippen LogP contribution in [0.1, 0.15) is 28.8 Å². The molecule has 0 bridgehead atoms. The Morgan fingerprint density at radius 2 is 2.25 bits per heavy atom. The lowest BCUT2D eigenvalue weighted by Gasteiger charge is -2.38. The molecule has 1 amide bonds. The van der Waals surface area contributed by atoms with Crippen molar-refractivity contribution in [3.63, 3.8) is 0 Å². The minimum Gasteiger partial charge on any atom is -0.381 e. The molecule has 1 heterocycles. The number of aryl methyl sites for hydroxylation is 1. The second kappa shape index (κ2) is 7.62. The van der Waals surface area contributed by atoms with Gasteiger partial charge in [0.05, 0.1) is 6.10 Å². The number of halogens is 1. The van der Waals surface area contributed by atoms with Gasteiger partial charge >= 0.3 is 0 Å². The summed E-state index contributed by atoms with van der Waals surface area (Å²) in [6.45, 7) is 3.19. The van der Waals surface area contributed by atoms with Crippen LogP contribution in [0.15, 0.2) is 24.3 Å². The molecule has 2 unspecified atom stereocenters. The van der Waals surface area contributed by atoms with E-state index in [4.69, 9.17) is 10.5 Å². The Morgan fingerprint density at radius 3 is 2.85 bits per heavy atom. The summed E-state index contributed by atoms with van der Waals surface area (Å²) >= 11 is 0. The Bertz CT molecular complexity index is 453. The number of ether oxygens (including phenoxy) is 1. The van der Waals surface area contributed by atoms with Gasteiger partial charge in [-0.05, 0) is 31.9 Å². The number of carbonyl (C=O) groups is 1. The fourth-order valence-corrected chi connectivity index (χ4v) is 2.66. The summed E-state index contributed by atoms with van der Waals surface area (Å²) in [5.41, 5.74) is 7.65. The Labute approximate surface area is 126 Å². The molecule has 1 aliphatic rings. The zero-order valence-corrected chi connectivity index (χ0v) is 12.9. The molecule has 0 spiro atoms. The van der Waals surface area contributed by atoms with E-state index in [0.29, 0.717) is 13.1 Å². The number of carbonyl (C=O) groups excluding carboxylic acids is 1. The van der Waals surface area contributed by atoms with Gasteiger partial charge in [-0.25, -0.2) is 0 Å². The molecule has 4 nitrogen and oxygen atoms in total. The molecule has 0 aromatic heterocycles. The number of nitrogens with zero attached hydrogens (tertiary/aromatic N) is 1. The summed E-state index contributed by atoms with van der Waals surface area (Å²) in [6.07, 6.45) is 1.92. The number of methoxy groups -OCH3 is 1. The first-order valence-electron chi connectivity index (χ1n) is 6.76. The number of hydrogen-bond acceptors (Lipinski definition) is 3. The number of nitrogens with two attached hydrogens (primary N) is 1. The van der Waals surface area contributed by atoms with Gasteiger partial charge in [-0.1, -0.05) is 17.7 Å². The van der Waals surface area contributed by atoms with Crippen LogP contribution in [0.5, 0.6) is 0 Å². The van der Waals surface area contributed by atoms with E-state index in [1.54, 1.807) is 7.11 Å². The maximum absolute atomic E-state index is 12.5. The Morgan fingerprint density at radius 1 is 1.50 bits per heavy atom. The third-order valence-electron chi connectivity index (χ3n) is 3.80. The molecule has 0 saturated carbocycles. The van der Waals surface area contributed by atoms with Gasteiger partial charge in [0.15, 0.2) is 0 Å². The summed E-state index contributed by atoms with van der Waals surface area (Å²) in [4.78, 5) is 14.4. The number of benzene rings is 1. The Balaban J connectivity index is 0.00000200. The van der Waals surface area contributed by atoms with Crippen molar-refractivity contribution in [3.05, 3.63) is 35.4 Å². The lowest BCUT2D eigenvalue weighted by molar-refractivity contribution is 0.0139. The topological polar surface area (TPSA) is 55.6 Å². The SMILES string of the molecule is COC1CCN(C(=O)c2cccc(C)c2)C(CN)C1.Cl. The van der Waals surface area contributed by atoms with E-state index in [1.807, 2.05) is 36.1 Å². The van der Waals surface area contributed by atoms with Gasteiger partial charge in [0, 0.05) is 31.8 Å². The van der Waals surface area contributed by atoms with Crippen molar-refractivity contribution in [3.8, 4) is 0 Å². The fourth-order valence-electron chi connectivity index (χ4n) is 2.66. The minimum absolute atomic E-state index is 0. The van der Waals surface area contributed by atoms with E-state index in [9.17, 15) is 4.79 Å². The predicted molar refractivity (Wildman–Crippen MR) is 82.3 cm³/mol. The molecule has 112 valence electrons. The summed E-state index contributed by atoms with van der Waals surface area (Å²) in [5.74, 6) is 0.0775. The van der Waals surface area contributed by atoms with Gasteiger partial charge < -0.3 is 15.4 Å². The molecule has 1 aromatic rings. The number of amides is 1. The van der Waals surface area contributed by atoms with Crippen molar-refractivity contribution in [1.29, 1.82) is 0 Å². The second-order valence-corrected chi connectivity index (χ2v) is 5.14. The smallest absolute Gasteiger partial charge is 0.254 e. The van der Waals surface area contributed by atoms with Gasteiger partial charge in [0.25, 0.3) is 5.91 Å². The fraction of sp³-hybridized carbons (Fsp3) is 0.533. The van der Waals surface area contributed by atoms with E-state index in [1.165, 1.54) is 0 Å². The highest BCUT2D eigenvalue weighted by Crippen LogP contribution is 2.21. The average molecular weight is 299 g/mol. The van der Waals surface area contributed by atoms with Crippen molar-refractivity contribution in [2.24, 2.45) is 5.73 Å². The van der Waals surface area contributed by atoms with Crippen LogP contribution in [-0.2, 0) is 4.74 Å². The van der Waals surface area contributed by atoms with Gasteiger partial charge in [-0.2, -0.15) is 0 Å². The van der Waals surface area contributed by atoms with Crippen molar-refractivity contribution >= 4 is 18.3 Å². The van der Waals surface area contributed by atoms with Crippen LogP contribution in [0.2, 0.25) is 0 Å². The molecule has 5 heteroatoms. The molecular weight excluding hydrogens is 276 g/mol. The van der Waals surface area contributed by atoms with Crippen molar-refractivity contribution < 1.29 is 9.53 Å². The number of rotatable bonds is 3. The highest BCUT2D eigenvalue weighted by atomic mass is 35.5. The first-order chi connectivity index (χ1) is 9.15. The van der Waals surface area contributed by atoms with Gasteiger partial charge in [-0.3, -0.25) is 4.79 Å². The van der Waals surface area contributed by atoms with Crippen LogP contribution >= 0.6 is 12.4 Å². The molecule has 0 aliphatic carbocycles. The lowest BCUT2D eigenvalue weighted by atomic mass is 9.98. The van der Waals surface area contributed by atoms with E-state index in [-0.39, 0.29) is 30.5 Å². The van der Waals surface area contributed by atoms with Gasteiger partial charge in [-0.15, -0.1) is 12.4 Å². The minimum atomic E-state index is 0. The number of piperidine rings is 1. The number of likely N-dealkylation sites (tertiary alicyclic amines) is 1. The van der Waals surface area contributed by atoms with Gasteiger partial charge in [0.2, 0.25) is 0 Å². The molecule has 1 saturated heterocycles. The van der Waals surface area contributed by atoms with Gasteiger partial charge in [0.1, 0.15) is 0 Å². The highest BCUT2D eigenvalue weighted by Gasteiger charge is 2.31. The molecule has 1 aromatic carbocycles. The molecule has 1 fully saturated rings. The molecule has 2 atom stereocenters. The normalized spacial score (nSPS) is 22.2. The van der Waals surface area contributed by atoms with Crippen LogP contribution in [-0.4, -0.2) is 43.2 Å². The summed E-state index contributed by atoms with van der Waals surface area (Å²) in [5, 5.41) is 0. The van der Waals surface area contributed by atoms with Crippen LogP contribution in [0, 0.1) is 6.92 Å². The van der Waals surface area contributed by atoms with E-state index in [0.717, 1.165) is 24.0 Å². The zero-order chi connectivity index (χ0) is 13.8. The van der Waals surface area contributed by atoms with E-state index < -0.39 is 0 Å². The summed E-state index contributed by atoms with van der Waals surface area (Å²) < 4.78 is 5.38. The lowest BCUT2D eigenvalue weighted by Crippen LogP contribution is -2.51. The van der Waals surface area contributed by atoms with Crippen molar-refractivity contribution in [2.45, 2.75) is 31.9 Å². The van der Waals surface area contributed by atoms with Crippen LogP contribution in [0.4, 0.5) is 0 Å². The predicted octanol–water partition coefficient (Wildman–Crippen LogP) is 2.00. The third kappa shape index (κ3) is 3.72. The first-order valence-corrected chi connectivity index (χ1v) is 6.76. The molecule has 2 rings (SSSR count). The molecule has 0 radical (unpaired) electrons.